The lowest BCUT2D eigenvalue weighted by atomic mass is 9.91. The number of nitrogens with zero attached hydrogens (tertiary/aromatic N) is 1. The first-order valence-electron chi connectivity index (χ1n) is 5.31. The van der Waals surface area contributed by atoms with Crippen LogP contribution in [-0.2, 0) is 0 Å². The number of nitriles is 1. The van der Waals surface area contributed by atoms with Crippen molar-refractivity contribution >= 4 is 0 Å². The Kier molecular flexibility index (Phi) is 4.30. The van der Waals surface area contributed by atoms with Gasteiger partial charge in [0.25, 0.3) is 0 Å². The predicted molar refractivity (Wildman–Crippen MR) is 60.8 cm³/mol. The Morgan fingerprint density at radius 1 is 1.44 bits per heavy atom. The van der Waals surface area contributed by atoms with E-state index in [1.165, 1.54) is 13.2 Å². The second kappa shape index (κ2) is 5.50. The second-order valence-electron chi connectivity index (χ2n) is 4.21. The Balaban J connectivity index is 2.95. The maximum atomic E-state index is 13.5. The molecule has 0 aliphatic carbocycles. The van der Waals surface area contributed by atoms with Gasteiger partial charge in [-0.2, -0.15) is 5.26 Å². The fourth-order valence-electron chi connectivity index (χ4n) is 1.63. The van der Waals surface area contributed by atoms with Gasteiger partial charge < -0.3 is 4.74 Å². The Morgan fingerprint density at radius 3 is 2.56 bits per heavy atom. The Labute approximate surface area is 95.7 Å². The van der Waals surface area contributed by atoms with Gasteiger partial charge in [-0.3, -0.25) is 0 Å². The van der Waals surface area contributed by atoms with E-state index in [1.54, 1.807) is 12.1 Å². The van der Waals surface area contributed by atoms with Crippen molar-refractivity contribution < 1.29 is 9.13 Å². The first kappa shape index (κ1) is 12.5. The van der Waals surface area contributed by atoms with Crippen LogP contribution in [0.4, 0.5) is 4.39 Å². The summed E-state index contributed by atoms with van der Waals surface area (Å²) in [5, 5.41) is 9.04. The van der Waals surface area contributed by atoms with Crippen molar-refractivity contribution in [3.8, 4) is 11.8 Å². The molecule has 0 amide bonds. The van der Waals surface area contributed by atoms with Crippen LogP contribution in [0.1, 0.15) is 31.7 Å². The van der Waals surface area contributed by atoms with Crippen LogP contribution in [0.2, 0.25) is 0 Å². The smallest absolute Gasteiger partial charge is 0.165 e. The van der Waals surface area contributed by atoms with Crippen LogP contribution < -0.4 is 4.74 Å². The molecule has 0 heterocycles. The van der Waals surface area contributed by atoms with Crippen molar-refractivity contribution in [1.82, 2.24) is 0 Å². The van der Waals surface area contributed by atoms with E-state index in [-0.39, 0.29) is 11.7 Å². The van der Waals surface area contributed by atoms with E-state index in [0.29, 0.717) is 5.92 Å². The van der Waals surface area contributed by atoms with Crippen LogP contribution in [-0.4, -0.2) is 7.11 Å². The first-order valence-corrected chi connectivity index (χ1v) is 5.31. The van der Waals surface area contributed by atoms with E-state index in [0.717, 1.165) is 12.0 Å². The standard InChI is InChI=1S/C13H16FNO/c1-9(2)6-11(8-15)10-4-5-13(16-3)12(14)7-10/h4-5,7,9,11H,6H2,1-3H3. The Hall–Kier alpha value is -1.56. The van der Waals surface area contributed by atoms with Gasteiger partial charge in [-0.05, 0) is 30.0 Å². The monoisotopic (exact) mass is 221 g/mol. The molecule has 0 radical (unpaired) electrons. The molecule has 0 aliphatic rings. The number of ether oxygens (including phenoxy) is 1. The number of methoxy groups -OCH3 is 1. The average molecular weight is 221 g/mol. The van der Waals surface area contributed by atoms with Gasteiger partial charge in [-0.15, -0.1) is 0 Å². The molecule has 1 rings (SSSR count). The summed E-state index contributed by atoms with van der Waals surface area (Å²) in [5.74, 6) is -0.0378. The number of hydrogen-bond donors (Lipinski definition) is 0. The highest BCUT2D eigenvalue weighted by atomic mass is 19.1. The summed E-state index contributed by atoms with van der Waals surface area (Å²) in [6.45, 7) is 4.09. The Morgan fingerprint density at radius 2 is 2.12 bits per heavy atom. The molecule has 86 valence electrons. The minimum absolute atomic E-state index is 0.213. The summed E-state index contributed by atoms with van der Waals surface area (Å²) in [6, 6.07) is 6.90. The molecular formula is C13H16FNO. The lowest BCUT2D eigenvalue weighted by molar-refractivity contribution is 0.386. The highest BCUT2D eigenvalue weighted by Crippen LogP contribution is 2.26. The molecule has 1 aromatic carbocycles. The van der Waals surface area contributed by atoms with Gasteiger partial charge in [0.15, 0.2) is 11.6 Å². The third kappa shape index (κ3) is 2.96. The molecule has 2 nitrogen and oxygen atoms in total. The van der Waals surface area contributed by atoms with E-state index in [9.17, 15) is 4.39 Å². The van der Waals surface area contributed by atoms with Crippen LogP contribution in [0.5, 0.6) is 5.75 Å². The SMILES string of the molecule is COc1ccc(C(C#N)CC(C)C)cc1F. The quantitative estimate of drug-likeness (QED) is 0.779. The third-order valence-electron chi connectivity index (χ3n) is 2.44. The number of rotatable bonds is 4. The van der Waals surface area contributed by atoms with Crippen molar-refractivity contribution in [3.63, 3.8) is 0 Å². The summed E-state index contributed by atoms with van der Waals surface area (Å²) in [5.41, 5.74) is 0.717. The molecular weight excluding hydrogens is 205 g/mol. The largest absolute Gasteiger partial charge is 0.494 e. The molecule has 0 N–H and O–H groups in total. The second-order valence-corrected chi connectivity index (χ2v) is 4.21. The number of hydrogen-bond acceptors (Lipinski definition) is 2. The molecule has 1 atom stereocenters. The molecule has 1 aromatic rings. The van der Waals surface area contributed by atoms with E-state index in [2.05, 4.69) is 6.07 Å². The fourth-order valence-corrected chi connectivity index (χ4v) is 1.63. The molecule has 0 fully saturated rings. The third-order valence-corrected chi connectivity index (χ3v) is 2.44. The van der Waals surface area contributed by atoms with E-state index in [4.69, 9.17) is 10.00 Å². The fraction of sp³-hybridized carbons (Fsp3) is 0.462. The van der Waals surface area contributed by atoms with Gasteiger partial charge >= 0.3 is 0 Å². The van der Waals surface area contributed by atoms with Crippen LogP contribution >= 0.6 is 0 Å². The van der Waals surface area contributed by atoms with Crippen molar-refractivity contribution in [2.24, 2.45) is 5.92 Å². The summed E-state index contributed by atoms with van der Waals surface area (Å²) in [6.07, 6.45) is 0.738. The molecule has 1 unspecified atom stereocenters. The first-order chi connectivity index (χ1) is 7.58. The summed E-state index contributed by atoms with van der Waals surface area (Å²) in [7, 11) is 1.42. The van der Waals surface area contributed by atoms with Crippen LogP contribution in [0.25, 0.3) is 0 Å². The minimum atomic E-state index is -0.413. The van der Waals surface area contributed by atoms with E-state index >= 15 is 0 Å². The van der Waals surface area contributed by atoms with E-state index < -0.39 is 5.82 Å². The predicted octanol–water partition coefficient (Wildman–Crippen LogP) is 3.49. The van der Waals surface area contributed by atoms with Crippen LogP contribution in [0, 0.1) is 23.1 Å². The van der Waals surface area contributed by atoms with Gasteiger partial charge in [-0.25, -0.2) is 4.39 Å². The molecule has 0 aromatic heterocycles. The zero-order chi connectivity index (χ0) is 12.1. The molecule has 0 spiro atoms. The van der Waals surface area contributed by atoms with Gasteiger partial charge in [0, 0.05) is 0 Å². The van der Waals surface area contributed by atoms with Gasteiger partial charge in [0.2, 0.25) is 0 Å². The normalized spacial score (nSPS) is 12.2. The van der Waals surface area contributed by atoms with Crippen LogP contribution in [0.3, 0.4) is 0 Å². The zero-order valence-corrected chi connectivity index (χ0v) is 9.83. The van der Waals surface area contributed by atoms with Gasteiger partial charge in [0.05, 0.1) is 19.1 Å². The number of benzene rings is 1. The molecule has 3 heteroatoms. The van der Waals surface area contributed by atoms with Gasteiger partial charge in [0.1, 0.15) is 0 Å². The topological polar surface area (TPSA) is 33.0 Å². The van der Waals surface area contributed by atoms with Crippen LogP contribution in [0.15, 0.2) is 18.2 Å². The lowest BCUT2D eigenvalue weighted by Crippen LogP contribution is -2.01. The molecule has 16 heavy (non-hydrogen) atoms. The Bertz CT molecular complexity index is 395. The molecule has 0 saturated heterocycles. The van der Waals surface area contributed by atoms with Crippen molar-refractivity contribution in [2.45, 2.75) is 26.2 Å². The molecule has 0 bridgehead atoms. The summed E-state index contributed by atoms with van der Waals surface area (Å²) >= 11 is 0. The van der Waals surface area contributed by atoms with E-state index in [1.807, 2.05) is 13.8 Å². The summed E-state index contributed by atoms with van der Waals surface area (Å²) < 4.78 is 18.3. The van der Waals surface area contributed by atoms with Crippen molar-refractivity contribution in [2.75, 3.05) is 7.11 Å². The minimum Gasteiger partial charge on any atom is -0.494 e. The summed E-state index contributed by atoms with van der Waals surface area (Å²) in [4.78, 5) is 0. The zero-order valence-electron chi connectivity index (χ0n) is 9.83. The highest BCUT2D eigenvalue weighted by molar-refractivity contribution is 5.33. The average Bonchev–Trinajstić information content (AvgIpc) is 2.25. The maximum Gasteiger partial charge on any atom is 0.165 e. The molecule has 0 saturated carbocycles. The number of halogens is 1. The van der Waals surface area contributed by atoms with Gasteiger partial charge in [-0.1, -0.05) is 19.9 Å². The molecule has 0 aliphatic heterocycles. The lowest BCUT2D eigenvalue weighted by Gasteiger charge is -2.12. The van der Waals surface area contributed by atoms with Crippen molar-refractivity contribution in [1.29, 1.82) is 5.26 Å². The van der Waals surface area contributed by atoms with Crippen molar-refractivity contribution in [3.05, 3.63) is 29.6 Å². The maximum absolute atomic E-state index is 13.5. The highest BCUT2D eigenvalue weighted by Gasteiger charge is 2.14.